The van der Waals surface area contributed by atoms with Crippen LogP contribution in [0.5, 0.6) is 5.75 Å². The molecule has 0 aliphatic rings. The van der Waals surface area contributed by atoms with Crippen molar-refractivity contribution in [3.8, 4) is 5.75 Å². The highest BCUT2D eigenvalue weighted by Gasteiger charge is 2.17. The quantitative estimate of drug-likeness (QED) is 0.783. The molecule has 0 heterocycles. The molecule has 0 spiro atoms. The van der Waals surface area contributed by atoms with Crippen molar-refractivity contribution in [2.75, 3.05) is 6.54 Å². The molecular weight excluding hydrogens is 244 g/mol. The van der Waals surface area contributed by atoms with E-state index in [9.17, 15) is 9.90 Å². The predicted molar refractivity (Wildman–Crippen MR) is 74.0 cm³/mol. The monoisotopic (exact) mass is 266 g/mol. The van der Waals surface area contributed by atoms with E-state index in [0.717, 1.165) is 5.56 Å². The molecule has 1 aromatic rings. The maximum absolute atomic E-state index is 11.5. The van der Waals surface area contributed by atoms with Gasteiger partial charge in [0.15, 0.2) is 0 Å². The lowest BCUT2D eigenvalue weighted by molar-refractivity contribution is 0.0524. The first kappa shape index (κ1) is 15.3. The van der Waals surface area contributed by atoms with E-state index < -0.39 is 17.7 Å². The summed E-state index contributed by atoms with van der Waals surface area (Å²) in [6, 6.07) is 4.78. The van der Waals surface area contributed by atoms with E-state index in [0.29, 0.717) is 5.56 Å². The van der Waals surface area contributed by atoms with Crippen molar-refractivity contribution in [1.82, 2.24) is 5.32 Å². The summed E-state index contributed by atoms with van der Waals surface area (Å²) in [6.07, 6.45) is -0.519. The summed E-state index contributed by atoms with van der Waals surface area (Å²) in [5.74, 6) is 0.137. The second kappa shape index (κ2) is 5.93. The Kier molecular flexibility index (Phi) is 4.78. The highest BCUT2D eigenvalue weighted by atomic mass is 16.6. The predicted octanol–water partition coefficient (Wildman–Crippen LogP) is 2.23. The van der Waals surface area contributed by atoms with Gasteiger partial charge in [-0.1, -0.05) is 12.1 Å². The Balaban J connectivity index is 2.56. The third-order valence-corrected chi connectivity index (χ3v) is 2.45. The third-order valence-electron chi connectivity index (χ3n) is 2.45. The number of nitrogens with one attached hydrogen (secondary N) is 1. The molecule has 0 aromatic heterocycles. The van der Waals surface area contributed by atoms with E-state index in [1.54, 1.807) is 32.9 Å². The Morgan fingerprint density at radius 3 is 2.63 bits per heavy atom. The number of aryl methyl sites for hydroxylation is 1. The number of benzene rings is 1. The summed E-state index contributed by atoms with van der Waals surface area (Å²) in [5.41, 5.74) is 6.94. The van der Waals surface area contributed by atoms with E-state index in [2.05, 4.69) is 5.32 Å². The van der Waals surface area contributed by atoms with Crippen molar-refractivity contribution in [3.63, 3.8) is 0 Å². The van der Waals surface area contributed by atoms with E-state index in [4.69, 9.17) is 10.5 Å². The van der Waals surface area contributed by atoms with Crippen molar-refractivity contribution in [3.05, 3.63) is 29.3 Å². The molecule has 0 aliphatic heterocycles. The summed E-state index contributed by atoms with van der Waals surface area (Å²) in [5, 5.41) is 12.4. The number of hydrogen-bond donors (Lipinski definition) is 3. The van der Waals surface area contributed by atoms with Crippen LogP contribution in [0.15, 0.2) is 18.2 Å². The van der Waals surface area contributed by atoms with Crippen LogP contribution < -0.4 is 11.1 Å². The maximum atomic E-state index is 11.5. The number of phenolic OH excluding ortho intramolecular Hbond substituents is 1. The van der Waals surface area contributed by atoms with Crippen LogP contribution in [0.4, 0.5) is 4.79 Å². The standard InChI is InChI=1S/C14H22N2O3/c1-9-5-6-10(12(17)7-9)11(15)8-16-13(18)19-14(2,3)4/h5-7,11,17H,8,15H2,1-4H3,(H,16,18). The van der Waals surface area contributed by atoms with Gasteiger partial charge in [0.1, 0.15) is 11.4 Å². The number of ether oxygens (including phenoxy) is 1. The van der Waals surface area contributed by atoms with Gasteiger partial charge in [-0.15, -0.1) is 0 Å². The molecule has 106 valence electrons. The van der Waals surface area contributed by atoms with Gasteiger partial charge in [0, 0.05) is 12.1 Å². The Morgan fingerprint density at radius 2 is 2.11 bits per heavy atom. The maximum Gasteiger partial charge on any atom is 0.407 e. The second-order valence-corrected chi connectivity index (χ2v) is 5.55. The summed E-state index contributed by atoms with van der Waals surface area (Å²) >= 11 is 0. The van der Waals surface area contributed by atoms with Crippen LogP contribution in [0.25, 0.3) is 0 Å². The highest BCUT2D eigenvalue weighted by Crippen LogP contribution is 2.23. The molecule has 1 amide bonds. The Morgan fingerprint density at radius 1 is 1.47 bits per heavy atom. The van der Waals surface area contributed by atoms with Crippen LogP contribution in [0, 0.1) is 6.92 Å². The number of carbonyl (C=O) groups excluding carboxylic acids is 1. The minimum Gasteiger partial charge on any atom is -0.508 e. The van der Waals surface area contributed by atoms with Crippen LogP contribution in [0.3, 0.4) is 0 Å². The molecule has 1 aromatic carbocycles. The molecule has 1 rings (SSSR count). The normalized spacial score (nSPS) is 12.9. The first-order chi connectivity index (χ1) is 8.69. The zero-order chi connectivity index (χ0) is 14.6. The van der Waals surface area contributed by atoms with Crippen LogP contribution >= 0.6 is 0 Å². The smallest absolute Gasteiger partial charge is 0.407 e. The number of aromatic hydroxyl groups is 1. The zero-order valence-electron chi connectivity index (χ0n) is 11.9. The van der Waals surface area contributed by atoms with E-state index >= 15 is 0 Å². The Labute approximate surface area is 113 Å². The molecule has 1 atom stereocenters. The van der Waals surface area contributed by atoms with Crippen LogP contribution in [0.2, 0.25) is 0 Å². The molecule has 0 aliphatic carbocycles. The fraction of sp³-hybridized carbons (Fsp3) is 0.500. The van der Waals surface area contributed by atoms with Crippen molar-refractivity contribution < 1.29 is 14.6 Å². The molecule has 0 fully saturated rings. The lowest BCUT2D eigenvalue weighted by atomic mass is 10.0. The molecule has 0 saturated carbocycles. The van der Waals surface area contributed by atoms with Crippen molar-refractivity contribution in [2.24, 2.45) is 5.73 Å². The van der Waals surface area contributed by atoms with Gasteiger partial charge in [-0.05, 0) is 39.3 Å². The van der Waals surface area contributed by atoms with Gasteiger partial charge in [-0.25, -0.2) is 4.79 Å². The van der Waals surface area contributed by atoms with Crippen molar-refractivity contribution in [2.45, 2.75) is 39.3 Å². The number of alkyl carbamates (subject to hydrolysis) is 1. The van der Waals surface area contributed by atoms with Gasteiger partial charge in [-0.2, -0.15) is 0 Å². The highest BCUT2D eigenvalue weighted by molar-refractivity contribution is 5.67. The van der Waals surface area contributed by atoms with Gasteiger partial charge in [0.25, 0.3) is 0 Å². The van der Waals surface area contributed by atoms with Gasteiger partial charge in [0.2, 0.25) is 0 Å². The summed E-state index contributed by atoms with van der Waals surface area (Å²) in [7, 11) is 0. The van der Waals surface area contributed by atoms with Crippen molar-refractivity contribution >= 4 is 6.09 Å². The lowest BCUT2D eigenvalue weighted by Gasteiger charge is -2.21. The van der Waals surface area contributed by atoms with Crippen molar-refractivity contribution in [1.29, 1.82) is 0 Å². The minimum atomic E-state index is -0.541. The largest absolute Gasteiger partial charge is 0.508 e. The molecule has 0 bridgehead atoms. The number of amides is 1. The molecule has 0 saturated heterocycles. The Bertz CT molecular complexity index is 452. The van der Waals surface area contributed by atoms with Gasteiger partial charge in [-0.3, -0.25) is 0 Å². The fourth-order valence-electron chi connectivity index (χ4n) is 1.58. The first-order valence-electron chi connectivity index (χ1n) is 6.21. The average Bonchev–Trinajstić information content (AvgIpc) is 2.23. The lowest BCUT2D eigenvalue weighted by Crippen LogP contribution is -2.36. The van der Waals surface area contributed by atoms with Crippen LogP contribution in [-0.4, -0.2) is 23.3 Å². The van der Waals surface area contributed by atoms with Gasteiger partial charge >= 0.3 is 6.09 Å². The Hall–Kier alpha value is -1.75. The molecule has 4 N–H and O–H groups in total. The van der Waals surface area contributed by atoms with Gasteiger partial charge in [0.05, 0.1) is 6.04 Å². The summed E-state index contributed by atoms with van der Waals surface area (Å²) in [6.45, 7) is 7.45. The van der Waals surface area contributed by atoms with E-state index in [-0.39, 0.29) is 12.3 Å². The second-order valence-electron chi connectivity index (χ2n) is 5.55. The number of rotatable bonds is 3. The molecule has 5 heteroatoms. The first-order valence-corrected chi connectivity index (χ1v) is 6.21. The zero-order valence-corrected chi connectivity index (χ0v) is 11.9. The molecule has 0 radical (unpaired) electrons. The van der Waals surface area contributed by atoms with E-state index in [1.807, 2.05) is 13.0 Å². The molecule has 5 nitrogen and oxygen atoms in total. The minimum absolute atomic E-state index is 0.137. The number of phenols is 1. The van der Waals surface area contributed by atoms with Crippen LogP contribution in [-0.2, 0) is 4.74 Å². The molecule has 1 unspecified atom stereocenters. The molecule has 19 heavy (non-hydrogen) atoms. The van der Waals surface area contributed by atoms with Crippen LogP contribution in [0.1, 0.15) is 37.9 Å². The number of carbonyl (C=O) groups is 1. The summed E-state index contributed by atoms with van der Waals surface area (Å²) in [4.78, 5) is 11.5. The van der Waals surface area contributed by atoms with Gasteiger partial charge < -0.3 is 20.9 Å². The SMILES string of the molecule is Cc1ccc(C(N)CNC(=O)OC(C)(C)C)c(O)c1. The van der Waals surface area contributed by atoms with E-state index in [1.165, 1.54) is 0 Å². The number of hydrogen-bond acceptors (Lipinski definition) is 4. The third kappa shape index (κ3) is 5.18. The number of nitrogens with two attached hydrogens (primary N) is 1. The molecular formula is C14H22N2O3. The fourth-order valence-corrected chi connectivity index (χ4v) is 1.58. The summed E-state index contributed by atoms with van der Waals surface area (Å²) < 4.78 is 5.11. The topological polar surface area (TPSA) is 84.6 Å². The average molecular weight is 266 g/mol.